The summed E-state index contributed by atoms with van der Waals surface area (Å²) in [6.45, 7) is 6.29. The lowest BCUT2D eigenvalue weighted by Crippen LogP contribution is -1.99. The average Bonchev–Trinajstić information content (AvgIpc) is 2.30. The number of phenolic OH excluding ortho intramolecular Hbond substituents is 2. The number of hydrogen-bond acceptors (Lipinski definition) is 2. The molecule has 0 heterocycles. The first-order valence-electron chi connectivity index (χ1n) is 6.65. The summed E-state index contributed by atoms with van der Waals surface area (Å²) in [6, 6.07) is 1.68. The molecule has 0 saturated carbocycles. The van der Waals surface area contributed by atoms with Crippen LogP contribution in [0.5, 0.6) is 11.5 Å². The molecule has 0 aliphatic heterocycles. The molecule has 1 aromatic carbocycles. The number of rotatable bonds is 6. The lowest BCUT2D eigenvalue weighted by atomic mass is 9.93. The molecule has 1 aromatic rings. The van der Waals surface area contributed by atoms with Gasteiger partial charge in [-0.25, -0.2) is 0 Å². The van der Waals surface area contributed by atoms with E-state index in [1.807, 2.05) is 6.92 Å². The molecule has 0 spiro atoms. The van der Waals surface area contributed by atoms with E-state index in [1.54, 1.807) is 6.07 Å². The van der Waals surface area contributed by atoms with Crippen LogP contribution in [-0.2, 0) is 12.8 Å². The van der Waals surface area contributed by atoms with Gasteiger partial charge in [-0.3, -0.25) is 0 Å². The molecule has 0 aromatic heterocycles. The highest BCUT2D eigenvalue weighted by Gasteiger charge is 2.14. The van der Waals surface area contributed by atoms with Crippen LogP contribution in [0.3, 0.4) is 0 Å². The average molecular weight is 236 g/mol. The molecule has 1 rings (SSSR count). The van der Waals surface area contributed by atoms with Crippen molar-refractivity contribution in [3.05, 3.63) is 22.8 Å². The third-order valence-corrected chi connectivity index (χ3v) is 3.25. The number of aromatic hydroxyl groups is 2. The van der Waals surface area contributed by atoms with Gasteiger partial charge in [0.1, 0.15) is 0 Å². The first-order chi connectivity index (χ1) is 8.11. The molecule has 0 saturated heterocycles. The van der Waals surface area contributed by atoms with E-state index in [0.717, 1.165) is 36.8 Å². The minimum atomic E-state index is 0.0187. The fourth-order valence-corrected chi connectivity index (χ4v) is 2.32. The highest BCUT2D eigenvalue weighted by Crippen LogP contribution is 2.35. The standard InChI is InChI=1S/C15H24O2/c1-4-6-7-9-12-11(3)10-14(16)15(17)13(12)8-5-2/h10,16-17H,4-9H2,1-3H3. The predicted octanol–water partition coefficient (Wildman–Crippen LogP) is 4.09. The van der Waals surface area contributed by atoms with E-state index in [9.17, 15) is 10.2 Å². The number of phenols is 2. The van der Waals surface area contributed by atoms with Crippen molar-refractivity contribution < 1.29 is 10.2 Å². The van der Waals surface area contributed by atoms with Crippen LogP contribution in [0.2, 0.25) is 0 Å². The molecule has 0 atom stereocenters. The van der Waals surface area contributed by atoms with E-state index in [0.29, 0.717) is 0 Å². The van der Waals surface area contributed by atoms with Gasteiger partial charge < -0.3 is 10.2 Å². The Labute approximate surface area is 104 Å². The van der Waals surface area contributed by atoms with Crippen molar-refractivity contribution in [1.29, 1.82) is 0 Å². The van der Waals surface area contributed by atoms with E-state index >= 15 is 0 Å². The third-order valence-electron chi connectivity index (χ3n) is 3.25. The smallest absolute Gasteiger partial charge is 0.160 e. The van der Waals surface area contributed by atoms with Crippen LogP contribution in [0.1, 0.15) is 56.2 Å². The third kappa shape index (κ3) is 3.39. The van der Waals surface area contributed by atoms with Gasteiger partial charge in [0.15, 0.2) is 11.5 Å². The molecular weight excluding hydrogens is 212 g/mol. The van der Waals surface area contributed by atoms with E-state index in [-0.39, 0.29) is 11.5 Å². The monoisotopic (exact) mass is 236 g/mol. The summed E-state index contributed by atoms with van der Waals surface area (Å²) >= 11 is 0. The van der Waals surface area contributed by atoms with Gasteiger partial charge in [0, 0.05) is 5.56 Å². The van der Waals surface area contributed by atoms with E-state index in [1.165, 1.54) is 18.4 Å². The molecule has 17 heavy (non-hydrogen) atoms. The lowest BCUT2D eigenvalue weighted by Gasteiger charge is -2.15. The topological polar surface area (TPSA) is 40.5 Å². The Morgan fingerprint density at radius 2 is 1.65 bits per heavy atom. The molecule has 2 N–H and O–H groups in total. The van der Waals surface area contributed by atoms with Crippen LogP contribution < -0.4 is 0 Å². The fourth-order valence-electron chi connectivity index (χ4n) is 2.32. The van der Waals surface area contributed by atoms with Crippen molar-refractivity contribution in [2.75, 3.05) is 0 Å². The van der Waals surface area contributed by atoms with Crippen molar-refractivity contribution in [1.82, 2.24) is 0 Å². The van der Waals surface area contributed by atoms with Gasteiger partial charge in [0.25, 0.3) is 0 Å². The fraction of sp³-hybridized carbons (Fsp3) is 0.600. The maximum Gasteiger partial charge on any atom is 0.160 e. The predicted molar refractivity (Wildman–Crippen MR) is 71.7 cm³/mol. The maximum absolute atomic E-state index is 9.94. The van der Waals surface area contributed by atoms with Crippen LogP contribution >= 0.6 is 0 Å². The minimum absolute atomic E-state index is 0.0187. The summed E-state index contributed by atoms with van der Waals surface area (Å²) in [6.07, 6.45) is 6.39. The second-order valence-corrected chi connectivity index (χ2v) is 4.73. The summed E-state index contributed by atoms with van der Waals surface area (Å²) in [5.74, 6) is 0.106. The van der Waals surface area contributed by atoms with Crippen LogP contribution in [0.25, 0.3) is 0 Å². The molecular formula is C15H24O2. The highest BCUT2D eigenvalue weighted by molar-refractivity contribution is 5.52. The van der Waals surface area contributed by atoms with Gasteiger partial charge in [0.2, 0.25) is 0 Å². The summed E-state index contributed by atoms with van der Waals surface area (Å²) in [7, 11) is 0. The highest BCUT2D eigenvalue weighted by atomic mass is 16.3. The SMILES string of the molecule is CCCCCc1c(C)cc(O)c(O)c1CCC. The first kappa shape index (κ1) is 13.9. The molecule has 0 radical (unpaired) electrons. The number of benzene rings is 1. The Kier molecular flexibility index (Phi) is 5.33. The molecule has 96 valence electrons. The molecule has 0 aliphatic rings. The van der Waals surface area contributed by atoms with Gasteiger partial charge >= 0.3 is 0 Å². The molecule has 2 nitrogen and oxygen atoms in total. The molecule has 0 aliphatic carbocycles. The summed E-state index contributed by atoms with van der Waals surface area (Å²) in [4.78, 5) is 0. The van der Waals surface area contributed by atoms with Gasteiger partial charge in [-0.2, -0.15) is 0 Å². The summed E-state index contributed by atoms with van der Waals surface area (Å²) in [5.41, 5.74) is 3.27. The largest absolute Gasteiger partial charge is 0.504 e. The van der Waals surface area contributed by atoms with Crippen LogP contribution in [0, 0.1) is 6.92 Å². The Morgan fingerprint density at radius 3 is 2.24 bits per heavy atom. The van der Waals surface area contributed by atoms with Crippen molar-refractivity contribution in [2.24, 2.45) is 0 Å². The lowest BCUT2D eigenvalue weighted by molar-refractivity contribution is 0.397. The Bertz CT molecular complexity index is 370. The van der Waals surface area contributed by atoms with E-state index in [4.69, 9.17) is 0 Å². The second kappa shape index (κ2) is 6.53. The van der Waals surface area contributed by atoms with Crippen molar-refractivity contribution >= 4 is 0 Å². The minimum Gasteiger partial charge on any atom is -0.504 e. The zero-order valence-corrected chi connectivity index (χ0v) is 11.2. The Morgan fingerprint density at radius 1 is 0.941 bits per heavy atom. The van der Waals surface area contributed by atoms with Crippen LogP contribution in [0.4, 0.5) is 0 Å². The van der Waals surface area contributed by atoms with Gasteiger partial charge in [-0.05, 0) is 43.4 Å². The normalized spacial score (nSPS) is 10.8. The zero-order valence-electron chi connectivity index (χ0n) is 11.2. The zero-order chi connectivity index (χ0) is 12.8. The van der Waals surface area contributed by atoms with Crippen molar-refractivity contribution in [3.63, 3.8) is 0 Å². The van der Waals surface area contributed by atoms with E-state index in [2.05, 4.69) is 13.8 Å². The number of unbranched alkanes of at least 4 members (excludes halogenated alkanes) is 2. The quantitative estimate of drug-likeness (QED) is 0.577. The Balaban J connectivity index is 3.02. The number of hydrogen-bond donors (Lipinski definition) is 2. The summed E-state index contributed by atoms with van der Waals surface area (Å²) in [5, 5.41) is 19.6. The molecule has 0 amide bonds. The summed E-state index contributed by atoms with van der Waals surface area (Å²) < 4.78 is 0. The molecule has 2 heteroatoms. The number of aryl methyl sites for hydroxylation is 1. The van der Waals surface area contributed by atoms with Gasteiger partial charge in [-0.15, -0.1) is 0 Å². The molecule has 0 bridgehead atoms. The second-order valence-electron chi connectivity index (χ2n) is 4.73. The van der Waals surface area contributed by atoms with Crippen LogP contribution in [0.15, 0.2) is 6.07 Å². The van der Waals surface area contributed by atoms with Gasteiger partial charge in [0.05, 0.1) is 0 Å². The molecule has 0 unspecified atom stereocenters. The van der Waals surface area contributed by atoms with Crippen molar-refractivity contribution in [3.8, 4) is 11.5 Å². The molecule has 0 fully saturated rings. The van der Waals surface area contributed by atoms with Crippen LogP contribution in [-0.4, -0.2) is 10.2 Å². The first-order valence-corrected chi connectivity index (χ1v) is 6.65. The van der Waals surface area contributed by atoms with E-state index < -0.39 is 0 Å². The van der Waals surface area contributed by atoms with Gasteiger partial charge in [-0.1, -0.05) is 33.1 Å². The van der Waals surface area contributed by atoms with Crippen molar-refractivity contribution in [2.45, 2.75) is 59.3 Å². The Hall–Kier alpha value is -1.18. The maximum atomic E-state index is 9.94.